The van der Waals surface area contributed by atoms with Crippen LogP contribution in [-0.4, -0.2) is 36.2 Å². The minimum absolute atomic E-state index is 0.119. The van der Waals surface area contributed by atoms with Gasteiger partial charge < -0.3 is 10.2 Å². The summed E-state index contributed by atoms with van der Waals surface area (Å²) in [7, 11) is 0. The fraction of sp³-hybridized carbons (Fsp3) is 0.536. The molecule has 0 fully saturated rings. The molecule has 3 rings (SSSR count). The molecule has 1 heterocycles. The summed E-state index contributed by atoms with van der Waals surface area (Å²) in [6.07, 6.45) is 17.4. The SMILES string of the molecule is CCCCCCCCCCCCCCCSc1cc(O)c(Sc2nnnn2-c2ccccc2)cc1O. The number of aromatic nitrogens is 4. The largest absolute Gasteiger partial charge is 0.507 e. The van der Waals surface area contributed by atoms with E-state index in [1.165, 1.54) is 88.8 Å². The second-order valence-corrected chi connectivity index (χ2v) is 11.3. The molecule has 0 spiro atoms. The van der Waals surface area contributed by atoms with Crippen LogP contribution in [0.2, 0.25) is 0 Å². The van der Waals surface area contributed by atoms with Crippen LogP contribution < -0.4 is 0 Å². The molecule has 0 saturated carbocycles. The van der Waals surface area contributed by atoms with Crippen molar-refractivity contribution >= 4 is 23.5 Å². The first-order chi connectivity index (χ1) is 17.7. The average Bonchev–Trinajstić information content (AvgIpc) is 3.35. The number of para-hydroxylation sites is 1. The molecule has 0 aliphatic carbocycles. The van der Waals surface area contributed by atoms with Gasteiger partial charge in [0.2, 0.25) is 5.16 Å². The molecule has 0 atom stereocenters. The van der Waals surface area contributed by atoms with Gasteiger partial charge >= 0.3 is 0 Å². The lowest BCUT2D eigenvalue weighted by atomic mass is 10.1. The zero-order valence-corrected chi connectivity index (χ0v) is 23.1. The number of hydrogen-bond donors (Lipinski definition) is 2. The summed E-state index contributed by atoms with van der Waals surface area (Å²) < 4.78 is 1.61. The van der Waals surface area contributed by atoms with E-state index >= 15 is 0 Å². The van der Waals surface area contributed by atoms with Gasteiger partial charge in [0.15, 0.2) is 0 Å². The Balaban J connectivity index is 1.33. The summed E-state index contributed by atoms with van der Waals surface area (Å²) in [5.74, 6) is 1.23. The van der Waals surface area contributed by atoms with Crippen LogP contribution in [0.4, 0.5) is 0 Å². The highest BCUT2D eigenvalue weighted by atomic mass is 32.2. The number of unbranched alkanes of at least 4 members (excludes halogenated alkanes) is 12. The number of phenolic OH excluding ortho intramolecular Hbond substituents is 2. The van der Waals surface area contributed by atoms with Crippen LogP contribution in [0, 0.1) is 0 Å². The normalized spacial score (nSPS) is 11.2. The molecule has 0 saturated heterocycles. The van der Waals surface area contributed by atoms with Gasteiger partial charge in [0.1, 0.15) is 11.5 Å². The lowest BCUT2D eigenvalue weighted by Crippen LogP contribution is -1.98. The summed E-state index contributed by atoms with van der Waals surface area (Å²) in [5, 5.41) is 33.5. The Kier molecular flexibility index (Phi) is 13.0. The molecule has 8 heteroatoms. The average molecular weight is 529 g/mol. The van der Waals surface area contributed by atoms with Crippen LogP contribution in [0.5, 0.6) is 11.5 Å². The minimum Gasteiger partial charge on any atom is -0.507 e. The number of hydrogen-bond acceptors (Lipinski definition) is 7. The maximum Gasteiger partial charge on any atom is 0.219 e. The molecule has 3 aromatic rings. The number of nitrogens with zero attached hydrogens (tertiary/aromatic N) is 4. The van der Waals surface area contributed by atoms with Crippen LogP contribution in [0.25, 0.3) is 5.69 Å². The number of benzene rings is 2. The van der Waals surface area contributed by atoms with E-state index in [1.807, 2.05) is 30.3 Å². The van der Waals surface area contributed by atoms with Crippen molar-refractivity contribution in [3.8, 4) is 17.2 Å². The molecule has 36 heavy (non-hydrogen) atoms. The molecular formula is C28H40N4O2S2. The first kappa shape index (κ1) is 28.4. The minimum atomic E-state index is 0.119. The standard InChI is InChI=1S/C28H40N4O2S2/c1-2-3-4-5-6-7-8-9-10-11-12-13-17-20-35-26-21-25(34)27(22-24(26)33)36-28-29-30-31-32(28)23-18-15-14-16-19-23/h14-16,18-19,21-22,33-34H,2-13,17,20H2,1H3. The van der Waals surface area contributed by atoms with Crippen molar-refractivity contribution in [2.75, 3.05) is 5.75 Å². The third kappa shape index (κ3) is 9.69. The quantitative estimate of drug-likeness (QED) is 0.0973. The van der Waals surface area contributed by atoms with Crippen molar-refractivity contribution < 1.29 is 10.2 Å². The Labute approximate surface area is 224 Å². The Bertz CT molecular complexity index is 1010. The van der Waals surface area contributed by atoms with E-state index < -0.39 is 0 Å². The molecule has 0 unspecified atom stereocenters. The van der Waals surface area contributed by atoms with Gasteiger partial charge in [-0.3, -0.25) is 0 Å². The van der Waals surface area contributed by atoms with Crippen LogP contribution in [0.3, 0.4) is 0 Å². The topological polar surface area (TPSA) is 84.1 Å². The number of thioether (sulfide) groups is 1. The first-order valence-electron chi connectivity index (χ1n) is 13.4. The predicted molar refractivity (Wildman–Crippen MR) is 149 cm³/mol. The number of tetrazole rings is 1. The summed E-state index contributed by atoms with van der Waals surface area (Å²) in [6, 6.07) is 12.8. The van der Waals surface area contributed by atoms with E-state index in [2.05, 4.69) is 22.4 Å². The highest BCUT2D eigenvalue weighted by Crippen LogP contribution is 2.41. The second-order valence-electron chi connectivity index (χ2n) is 9.19. The smallest absolute Gasteiger partial charge is 0.219 e. The Hall–Kier alpha value is -2.19. The highest BCUT2D eigenvalue weighted by Gasteiger charge is 2.15. The summed E-state index contributed by atoms with van der Waals surface area (Å²) in [4.78, 5) is 1.23. The zero-order valence-electron chi connectivity index (χ0n) is 21.4. The van der Waals surface area contributed by atoms with Gasteiger partial charge in [-0.1, -0.05) is 102 Å². The Morgan fingerprint density at radius 3 is 1.92 bits per heavy atom. The highest BCUT2D eigenvalue weighted by molar-refractivity contribution is 7.99. The van der Waals surface area contributed by atoms with Crippen LogP contribution in [-0.2, 0) is 0 Å². The monoisotopic (exact) mass is 528 g/mol. The zero-order chi connectivity index (χ0) is 25.4. The number of rotatable bonds is 18. The molecule has 2 N–H and O–H groups in total. The second kappa shape index (κ2) is 16.5. The molecule has 0 radical (unpaired) electrons. The summed E-state index contributed by atoms with van der Waals surface area (Å²) in [5.41, 5.74) is 0.832. The molecule has 0 aliphatic heterocycles. The van der Waals surface area contributed by atoms with Gasteiger partial charge in [0, 0.05) is 0 Å². The maximum absolute atomic E-state index is 10.6. The molecule has 196 valence electrons. The summed E-state index contributed by atoms with van der Waals surface area (Å²) in [6.45, 7) is 2.27. The molecule has 0 bridgehead atoms. The van der Waals surface area contributed by atoms with Crippen LogP contribution >= 0.6 is 23.5 Å². The predicted octanol–water partition coefficient (Wildman–Crippen LogP) is 8.41. The fourth-order valence-corrected chi connectivity index (χ4v) is 5.92. The maximum atomic E-state index is 10.6. The van der Waals surface area contributed by atoms with Gasteiger partial charge in [0.25, 0.3) is 0 Å². The molecule has 2 aromatic carbocycles. The van der Waals surface area contributed by atoms with Crippen molar-refractivity contribution in [1.29, 1.82) is 0 Å². The van der Waals surface area contributed by atoms with E-state index in [9.17, 15) is 10.2 Å². The fourth-order valence-electron chi connectivity index (χ4n) is 4.11. The van der Waals surface area contributed by atoms with E-state index in [0.717, 1.165) is 17.9 Å². The van der Waals surface area contributed by atoms with Gasteiger partial charge in [-0.05, 0) is 58.6 Å². The Morgan fingerprint density at radius 2 is 1.28 bits per heavy atom. The molecule has 6 nitrogen and oxygen atoms in total. The van der Waals surface area contributed by atoms with Gasteiger partial charge in [-0.15, -0.1) is 16.9 Å². The van der Waals surface area contributed by atoms with E-state index in [4.69, 9.17) is 0 Å². The van der Waals surface area contributed by atoms with Gasteiger partial charge in [-0.25, -0.2) is 0 Å². The molecule has 0 amide bonds. The van der Waals surface area contributed by atoms with Crippen LogP contribution in [0.1, 0.15) is 90.4 Å². The third-order valence-corrected chi connectivity index (χ3v) is 8.30. The van der Waals surface area contributed by atoms with Crippen molar-refractivity contribution in [2.24, 2.45) is 0 Å². The first-order valence-corrected chi connectivity index (χ1v) is 15.2. The number of aromatic hydroxyl groups is 2. The van der Waals surface area contributed by atoms with E-state index in [0.29, 0.717) is 14.9 Å². The van der Waals surface area contributed by atoms with Gasteiger partial charge in [0.05, 0.1) is 15.5 Å². The van der Waals surface area contributed by atoms with E-state index in [1.54, 1.807) is 28.6 Å². The van der Waals surface area contributed by atoms with Crippen molar-refractivity contribution in [2.45, 2.75) is 105 Å². The lowest BCUT2D eigenvalue weighted by molar-refractivity contribution is 0.438. The third-order valence-electron chi connectivity index (χ3n) is 6.19. The molecule has 0 aliphatic rings. The lowest BCUT2D eigenvalue weighted by Gasteiger charge is -2.10. The number of phenols is 2. The molecular weight excluding hydrogens is 488 g/mol. The molecule has 1 aromatic heterocycles. The van der Waals surface area contributed by atoms with Crippen LogP contribution in [0.15, 0.2) is 57.4 Å². The Morgan fingerprint density at radius 1 is 0.722 bits per heavy atom. The summed E-state index contributed by atoms with van der Waals surface area (Å²) >= 11 is 2.82. The van der Waals surface area contributed by atoms with Crippen molar-refractivity contribution in [1.82, 2.24) is 20.2 Å². The van der Waals surface area contributed by atoms with Crippen molar-refractivity contribution in [3.05, 3.63) is 42.5 Å². The van der Waals surface area contributed by atoms with Crippen molar-refractivity contribution in [3.63, 3.8) is 0 Å². The van der Waals surface area contributed by atoms with E-state index in [-0.39, 0.29) is 11.5 Å². The van der Waals surface area contributed by atoms with Gasteiger partial charge in [-0.2, -0.15) is 4.68 Å².